The molecule has 138 valence electrons. The monoisotopic (exact) mass is 363 g/mol. The number of hydrogen-bond acceptors (Lipinski definition) is 4. The van der Waals surface area contributed by atoms with Crippen LogP contribution in [-0.4, -0.2) is 60.6 Å². The lowest BCUT2D eigenvalue weighted by Gasteiger charge is -2.36. The third kappa shape index (κ3) is 5.75. The van der Waals surface area contributed by atoms with Crippen molar-refractivity contribution in [1.82, 2.24) is 9.80 Å². The summed E-state index contributed by atoms with van der Waals surface area (Å²) in [4.78, 5) is 29.7. The van der Waals surface area contributed by atoms with Gasteiger partial charge in [-0.25, -0.2) is 0 Å². The summed E-state index contributed by atoms with van der Waals surface area (Å²) in [6.07, 6.45) is 6.37. The van der Waals surface area contributed by atoms with Crippen LogP contribution in [0, 0.1) is 0 Å². The number of carbonyl (C=O) groups excluding carboxylic acids is 2. The molecule has 1 aliphatic heterocycles. The predicted molar refractivity (Wildman–Crippen MR) is 104 cm³/mol. The van der Waals surface area contributed by atoms with Gasteiger partial charge in [0.15, 0.2) is 0 Å². The minimum absolute atomic E-state index is 0.0949. The lowest BCUT2D eigenvalue weighted by Crippen LogP contribution is -2.48. The fourth-order valence-electron chi connectivity index (χ4n) is 3.31. The number of nitrogens with zero attached hydrogens (tertiary/aromatic N) is 2. The second kappa shape index (κ2) is 9.82. The van der Waals surface area contributed by atoms with Crippen LogP contribution in [0.3, 0.4) is 0 Å². The summed E-state index contributed by atoms with van der Waals surface area (Å²) in [7, 11) is 1.82. The first-order chi connectivity index (χ1) is 12.0. The number of anilines is 1. The van der Waals surface area contributed by atoms with Crippen LogP contribution in [0.4, 0.5) is 5.69 Å². The molecule has 1 saturated heterocycles. The van der Waals surface area contributed by atoms with E-state index in [2.05, 4.69) is 12.2 Å². The average Bonchev–Trinajstić information content (AvgIpc) is 2.61. The van der Waals surface area contributed by atoms with Crippen LogP contribution in [0.1, 0.15) is 32.6 Å². The van der Waals surface area contributed by atoms with Crippen LogP contribution in [0.2, 0.25) is 0 Å². The third-order valence-electron chi connectivity index (χ3n) is 4.62. The highest BCUT2D eigenvalue weighted by molar-refractivity contribution is 7.98. The normalized spacial score (nSPS) is 17.6. The standard InChI is InChI=1S/C19H29N3O2S/c1-4-15-9-7-8-12-22(15)19(24)14-21(2)13-18(23)20-16-10-5-6-11-17(16)25-3/h5-6,10-11,15H,4,7-9,12-14H2,1-3H3,(H,20,23)/t15-/m1/s1. The zero-order valence-corrected chi connectivity index (χ0v) is 16.3. The van der Waals surface area contributed by atoms with Crippen molar-refractivity contribution in [3.8, 4) is 0 Å². The third-order valence-corrected chi connectivity index (χ3v) is 5.41. The molecule has 25 heavy (non-hydrogen) atoms. The number of hydrogen-bond donors (Lipinski definition) is 1. The van der Waals surface area contributed by atoms with E-state index < -0.39 is 0 Å². The summed E-state index contributed by atoms with van der Waals surface area (Å²) in [6, 6.07) is 8.10. The number of rotatable bonds is 7. The molecular weight excluding hydrogens is 334 g/mol. The number of thioether (sulfide) groups is 1. The first-order valence-corrected chi connectivity index (χ1v) is 10.2. The fraction of sp³-hybridized carbons (Fsp3) is 0.579. The summed E-state index contributed by atoms with van der Waals surface area (Å²) in [6.45, 7) is 3.47. The molecule has 0 aliphatic carbocycles. The molecular formula is C19H29N3O2S. The van der Waals surface area contributed by atoms with Crippen molar-refractivity contribution < 1.29 is 9.59 Å². The Morgan fingerprint density at radius 1 is 1.28 bits per heavy atom. The van der Waals surface area contributed by atoms with Gasteiger partial charge in [-0.15, -0.1) is 11.8 Å². The topological polar surface area (TPSA) is 52.7 Å². The maximum Gasteiger partial charge on any atom is 0.238 e. The molecule has 0 aromatic heterocycles. The highest BCUT2D eigenvalue weighted by Gasteiger charge is 2.26. The predicted octanol–water partition coefficient (Wildman–Crippen LogP) is 3.07. The number of para-hydroxylation sites is 1. The fourth-order valence-corrected chi connectivity index (χ4v) is 3.87. The van der Waals surface area contributed by atoms with Crippen molar-refractivity contribution in [3.05, 3.63) is 24.3 Å². The van der Waals surface area contributed by atoms with Crippen LogP contribution in [-0.2, 0) is 9.59 Å². The highest BCUT2D eigenvalue weighted by Crippen LogP contribution is 2.24. The minimum atomic E-state index is -0.0949. The SMILES string of the molecule is CC[C@@H]1CCCCN1C(=O)CN(C)CC(=O)Nc1ccccc1SC. The number of piperidine rings is 1. The minimum Gasteiger partial charge on any atom is -0.339 e. The molecule has 6 heteroatoms. The molecule has 1 N–H and O–H groups in total. The summed E-state index contributed by atoms with van der Waals surface area (Å²) in [5.41, 5.74) is 0.821. The van der Waals surface area contributed by atoms with E-state index in [1.807, 2.05) is 42.5 Å². The number of amides is 2. The van der Waals surface area contributed by atoms with Crippen molar-refractivity contribution in [2.75, 3.05) is 38.3 Å². The van der Waals surface area contributed by atoms with Gasteiger partial charge in [0.05, 0.1) is 18.8 Å². The largest absolute Gasteiger partial charge is 0.339 e. The Hall–Kier alpha value is -1.53. The number of likely N-dealkylation sites (tertiary alicyclic amines) is 1. The molecule has 2 rings (SSSR count). The zero-order valence-electron chi connectivity index (χ0n) is 15.5. The van der Waals surface area contributed by atoms with Gasteiger partial charge in [0, 0.05) is 17.5 Å². The van der Waals surface area contributed by atoms with Gasteiger partial charge in [0.2, 0.25) is 11.8 Å². The molecule has 0 unspecified atom stereocenters. The lowest BCUT2D eigenvalue weighted by atomic mass is 10.00. The number of carbonyl (C=O) groups is 2. The van der Waals surface area contributed by atoms with Gasteiger partial charge >= 0.3 is 0 Å². The van der Waals surface area contributed by atoms with Crippen LogP contribution in [0.15, 0.2) is 29.2 Å². The number of nitrogens with one attached hydrogen (secondary N) is 1. The maximum absolute atomic E-state index is 12.6. The van der Waals surface area contributed by atoms with E-state index in [4.69, 9.17) is 0 Å². The Bertz CT molecular complexity index is 594. The van der Waals surface area contributed by atoms with Gasteiger partial charge in [-0.1, -0.05) is 19.1 Å². The van der Waals surface area contributed by atoms with Gasteiger partial charge in [-0.05, 0) is 51.1 Å². The molecule has 1 aliphatic rings. The van der Waals surface area contributed by atoms with E-state index in [0.29, 0.717) is 6.04 Å². The lowest BCUT2D eigenvalue weighted by molar-refractivity contribution is -0.136. The van der Waals surface area contributed by atoms with E-state index >= 15 is 0 Å². The van der Waals surface area contributed by atoms with Crippen molar-refractivity contribution >= 4 is 29.3 Å². The van der Waals surface area contributed by atoms with Gasteiger partial charge in [-0.2, -0.15) is 0 Å². The van der Waals surface area contributed by atoms with E-state index in [0.717, 1.165) is 36.4 Å². The number of likely N-dealkylation sites (N-methyl/N-ethyl adjacent to an activating group) is 1. The molecule has 1 aromatic carbocycles. The summed E-state index contributed by atoms with van der Waals surface area (Å²) in [5, 5.41) is 2.94. The Balaban J connectivity index is 1.85. The molecule has 0 radical (unpaired) electrons. The Morgan fingerprint density at radius 3 is 2.76 bits per heavy atom. The van der Waals surface area contributed by atoms with Crippen LogP contribution in [0.5, 0.6) is 0 Å². The summed E-state index contributed by atoms with van der Waals surface area (Å²) < 4.78 is 0. The Morgan fingerprint density at radius 2 is 2.04 bits per heavy atom. The van der Waals surface area contributed by atoms with Crippen LogP contribution >= 0.6 is 11.8 Å². The van der Waals surface area contributed by atoms with Crippen LogP contribution < -0.4 is 5.32 Å². The molecule has 0 saturated carbocycles. The van der Waals surface area contributed by atoms with Crippen molar-refractivity contribution in [3.63, 3.8) is 0 Å². The summed E-state index contributed by atoms with van der Waals surface area (Å²) in [5.74, 6) is 0.0360. The van der Waals surface area contributed by atoms with E-state index in [1.54, 1.807) is 16.7 Å². The van der Waals surface area contributed by atoms with Crippen molar-refractivity contribution in [2.45, 2.75) is 43.5 Å². The molecule has 1 aromatic rings. The smallest absolute Gasteiger partial charge is 0.238 e. The first-order valence-electron chi connectivity index (χ1n) is 8.96. The molecule has 2 amide bonds. The molecule has 5 nitrogen and oxygen atoms in total. The number of benzene rings is 1. The van der Waals surface area contributed by atoms with Gasteiger partial charge < -0.3 is 10.2 Å². The second-order valence-electron chi connectivity index (χ2n) is 6.57. The van der Waals surface area contributed by atoms with Crippen LogP contribution in [0.25, 0.3) is 0 Å². The summed E-state index contributed by atoms with van der Waals surface area (Å²) >= 11 is 1.60. The highest BCUT2D eigenvalue weighted by atomic mass is 32.2. The van der Waals surface area contributed by atoms with Crippen molar-refractivity contribution in [2.24, 2.45) is 0 Å². The van der Waals surface area contributed by atoms with E-state index in [-0.39, 0.29) is 24.9 Å². The zero-order chi connectivity index (χ0) is 18.2. The first kappa shape index (κ1) is 19.8. The quantitative estimate of drug-likeness (QED) is 0.757. The second-order valence-corrected chi connectivity index (χ2v) is 7.41. The molecule has 1 fully saturated rings. The molecule has 0 spiro atoms. The molecule has 0 bridgehead atoms. The van der Waals surface area contributed by atoms with E-state index in [1.165, 1.54) is 6.42 Å². The average molecular weight is 364 g/mol. The molecule has 1 heterocycles. The maximum atomic E-state index is 12.6. The van der Waals surface area contributed by atoms with Gasteiger partial charge in [0.1, 0.15) is 0 Å². The van der Waals surface area contributed by atoms with E-state index in [9.17, 15) is 9.59 Å². The Labute approximate surface area is 155 Å². The van der Waals surface area contributed by atoms with Gasteiger partial charge in [-0.3, -0.25) is 14.5 Å². The molecule has 1 atom stereocenters. The van der Waals surface area contributed by atoms with Gasteiger partial charge in [0.25, 0.3) is 0 Å². The Kier molecular flexibility index (Phi) is 7.78. The van der Waals surface area contributed by atoms with Crippen molar-refractivity contribution in [1.29, 1.82) is 0 Å².